The third-order valence-corrected chi connectivity index (χ3v) is 2.29. The van der Waals surface area contributed by atoms with E-state index < -0.39 is 5.97 Å². The van der Waals surface area contributed by atoms with Gasteiger partial charge in [-0.2, -0.15) is 0 Å². The van der Waals surface area contributed by atoms with E-state index >= 15 is 0 Å². The first-order valence-electron chi connectivity index (χ1n) is 4.70. The molecule has 0 aliphatic heterocycles. The van der Waals surface area contributed by atoms with Crippen LogP contribution in [0.5, 0.6) is 0 Å². The second-order valence-corrected chi connectivity index (χ2v) is 3.38. The highest BCUT2D eigenvalue weighted by atomic mass is 16.4. The topological polar surface area (TPSA) is 67.5 Å². The highest BCUT2D eigenvalue weighted by molar-refractivity contribution is 5.67. The summed E-state index contributed by atoms with van der Waals surface area (Å²) in [6.07, 6.45) is 0.577. The van der Waals surface area contributed by atoms with Crippen LogP contribution in [0.25, 0.3) is 5.52 Å². The summed E-state index contributed by atoms with van der Waals surface area (Å²) in [5.41, 5.74) is 2.65. The van der Waals surface area contributed by atoms with E-state index in [-0.39, 0.29) is 6.42 Å². The Morgan fingerprint density at radius 3 is 3.07 bits per heavy atom. The predicted molar refractivity (Wildman–Crippen MR) is 53.7 cm³/mol. The molecular weight excluding hydrogens is 194 g/mol. The van der Waals surface area contributed by atoms with Gasteiger partial charge in [0.2, 0.25) is 0 Å². The van der Waals surface area contributed by atoms with Crippen LogP contribution >= 0.6 is 0 Å². The molecule has 15 heavy (non-hydrogen) atoms. The lowest BCUT2D eigenvalue weighted by Gasteiger charge is -2.01. The van der Waals surface area contributed by atoms with Crippen molar-refractivity contribution in [1.82, 2.24) is 14.8 Å². The quantitative estimate of drug-likeness (QED) is 0.813. The van der Waals surface area contributed by atoms with E-state index in [1.165, 1.54) is 0 Å². The van der Waals surface area contributed by atoms with Crippen LogP contribution < -0.4 is 0 Å². The summed E-state index contributed by atoms with van der Waals surface area (Å²) in [5.74, 6) is -0.802. The van der Waals surface area contributed by atoms with E-state index in [0.717, 1.165) is 16.9 Å². The van der Waals surface area contributed by atoms with Gasteiger partial charge in [0.25, 0.3) is 0 Å². The molecule has 0 spiro atoms. The summed E-state index contributed by atoms with van der Waals surface area (Å²) in [4.78, 5) is 10.5. The van der Waals surface area contributed by atoms with Crippen molar-refractivity contribution in [3.05, 3.63) is 29.6 Å². The van der Waals surface area contributed by atoms with Gasteiger partial charge in [-0.1, -0.05) is 11.3 Å². The molecule has 0 unspecified atom stereocenters. The molecule has 78 valence electrons. The first-order valence-corrected chi connectivity index (χ1v) is 4.70. The van der Waals surface area contributed by atoms with Gasteiger partial charge in [-0.15, -0.1) is 5.10 Å². The van der Waals surface area contributed by atoms with Gasteiger partial charge in [0.15, 0.2) is 0 Å². The minimum absolute atomic E-state index is 0.109. The van der Waals surface area contributed by atoms with Crippen LogP contribution in [0.1, 0.15) is 17.8 Å². The molecule has 0 amide bonds. The largest absolute Gasteiger partial charge is 0.481 e. The standard InChI is InChI=1S/C10H11N3O2/c1-7-9-4-2-3-8(5-6-10(14)15)13(9)12-11-7/h2-4H,5-6H2,1H3,(H,14,15). The summed E-state index contributed by atoms with van der Waals surface area (Å²) < 4.78 is 1.69. The lowest BCUT2D eigenvalue weighted by molar-refractivity contribution is -0.136. The first-order chi connectivity index (χ1) is 7.18. The van der Waals surface area contributed by atoms with Crippen LogP contribution in [0, 0.1) is 6.92 Å². The summed E-state index contributed by atoms with van der Waals surface area (Å²) >= 11 is 0. The lowest BCUT2D eigenvalue weighted by atomic mass is 10.2. The van der Waals surface area contributed by atoms with Crippen LogP contribution in [0.15, 0.2) is 18.2 Å². The van der Waals surface area contributed by atoms with Crippen molar-refractivity contribution in [2.75, 3.05) is 0 Å². The van der Waals surface area contributed by atoms with E-state index in [1.54, 1.807) is 4.52 Å². The van der Waals surface area contributed by atoms with Gasteiger partial charge in [0, 0.05) is 12.1 Å². The molecule has 0 aromatic carbocycles. The smallest absolute Gasteiger partial charge is 0.303 e. The molecule has 0 bridgehead atoms. The van der Waals surface area contributed by atoms with Gasteiger partial charge >= 0.3 is 5.97 Å². The highest BCUT2D eigenvalue weighted by Crippen LogP contribution is 2.10. The molecule has 5 nitrogen and oxygen atoms in total. The third kappa shape index (κ3) is 1.81. The lowest BCUT2D eigenvalue weighted by Crippen LogP contribution is -2.03. The van der Waals surface area contributed by atoms with E-state index in [1.807, 2.05) is 25.1 Å². The zero-order valence-corrected chi connectivity index (χ0v) is 8.34. The molecule has 0 radical (unpaired) electrons. The van der Waals surface area contributed by atoms with Gasteiger partial charge < -0.3 is 5.11 Å². The number of pyridine rings is 1. The Labute approximate surface area is 86.3 Å². The number of hydrogen-bond acceptors (Lipinski definition) is 3. The SMILES string of the molecule is Cc1nnn2c(CCC(=O)O)cccc12. The van der Waals surface area contributed by atoms with Crippen LogP contribution in [-0.4, -0.2) is 25.9 Å². The van der Waals surface area contributed by atoms with Crippen molar-refractivity contribution in [2.24, 2.45) is 0 Å². The summed E-state index contributed by atoms with van der Waals surface area (Å²) in [5, 5.41) is 16.5. The van der Waals surface area contributed by atoms with Crippen LogP contribution in [0.2, 0.25) is 0 Å². The molecule has 0 saturated carbocycles. The predicted octanol–water partition coefficient (Wildman–Crippen LogP) is 1.05. The molecule has 2 aromatic rings. The Balaban J connectivity index is 2.38. The fraction of sp³-hybridized carbons (Fsp3) is 0.300. The van der Waals surface area contributed by atoms with Gasteiger partial charge in [-0.25, -0.2) is 4.52 Å². The molecule has 0 aliphatic carbocycles. The maximum Gasteiger partial charge on any atom is 0.303 e. The van der Waals surface area contributed by atoms with Crippen molar-refractivity contribution < 1.29 is 9.90 Å². The van der Waals surface area contributed by atoms with Crippen LogP contribution in [0.4, 0.5) is 0 Å². The molecule has 2 aromatic heterocycles. The zero-order chi connectivity index (χ0) is 10.8. The minimum Gasteiger partial charge on any atom is -0.481 e. The first kappa shape index (κ1) is 9.64. The minimum atomic E-state index is -0.802. The Bertz CT molecular complexity index is 504. The van der Waals surface area contributed by atoms with Crippen molar-refractivity contribution in [2.45, 2.75) is 19.8 Å². The molecule has 0 saturated heterocycles. The Morgan fingerprint density at radius 1 is 1.53 bits per heavy atom. The second-order valence-electron chi connectivity index (χ2n) is 3.38. The van der Waals surface area contributed by atoms with E-state index in [2.05, 4.69) is 10.3 Å². The number of carboxylic acids is 1. The molecule has 0 atom stereocenters. The van der Waals surface area contributed by atoms with Crippen molar-refractivity contribution in [3.63, 3.8) is 0 Å². The van der Waals surface area contributed by atoms with Gasteiger partial charge in [-0.3, -0.25) is 4.79 Å². The number of aryl methyl sites for hydroxylation is 2. The Kier molecular flexibility index (Phi) is 2.37. The van der Waals surface area contributed by atoms with E-state index in [9.17, 15) is 4.79 Å². The molecule has 5 heteroatoms. The molecule has 2 rings (SSSR count). The number of aromatic nitrogens is 3. The van der Waals surface area contributed by atoms with Crippen molar-refractivity contribution in [1.29, 1.82) is 0 Å². The fourth-order valence-corrected chi connectivity index (χ4v) is 1.51. The van der Waals surface area contributed by atoms with Gasteiger partial charge in [0.05, 0.1) is 17.6 Å². The van der Waals surface area contributed by atoms with Crippen LogP contribution in [-0.2, 0) is 11.2 Å². The highest BCUT2D eigenvalue weighted by Gasteiger charge is 2.06. The normalized spacial score (nSPS) is 10.7. The van der Waals surface area contributed by atoms with Gasteiger partial charge in [0.1, 0.15) is 0 Å². The molecule has 2 heterocycles. The molecular formula is C10H11N3O2. The molecule has 0 aliphatic rings. The second kappa shape index (κ2) is 3.68. The average Bonchev–Trinajstić information content (AvgIpc) is 2.58. The van der Waals surface area contributed by atoms with Crippen LogP contribution in [0.3, 0.4) is 0 Å². The summed E-state index contributed by atoms with van der Waals surface area (Å²) in [6.45, 7) is 1.88. The van der Waals surface area contributed by atoms with Crippen molar-refractivity contribution >= 4 is 11.5 Å². The number of fused-ring (bicyclic) bond motifs is 1. The number of aliphatic carboxylic acids is 1. The number of rotatable bonds is 3. The Hall–Kier alpha value is -1.91. The summed E-state index contributed by atoms with van der Waals surface area (Å²) in [7, 11) is 0. The average molecular weight is 205 g/mol. The summed E-state index contributed by atoms with van der Waals surface area (Å²) in [6, 6.07) is 5.67. The number of nitrogens with zero attached hydrogens (tertiary/aromatic N) is 3. The molecule has 1 N–H and O–H groups in total. The monoisotopic (exact) mass is 205 g/mol. The Morgan fingerprint density at radius 2 is 2.33 bits per heavy atom. The zero-order valence-electron chi connectivity index (χ0n) is 8.34. The number of hydrogen-bond donors (Lipinski definition) is 1. The maximum absolute atomic E-state index is 10.5. The number of carbonyl (C=O) groups is 1. The number of carboxylic acid groups (broad SMARTS) is 1. The fourth-order valence-electron chi connectivity index (χ4n) is 1.51. The van der Waals surface area contributed by atoms with Crippen molar-refractivity contribution in [3.8, 4) is 0 Å². The third-order valence-electron chi connectivity index (χ3n) is 2.29. The van der Waals surface area contributed by atoms with E-state index in [0.29, 0.717) is 6.42 Å². The van der Waals surface area contributed by atoms with Gasteiger partial charge in [-0.05, 0) is 19.1 Å². The maximum atomic E-state index is 10.5. The van der Waals surface area contributed by atoms with E-state index in [4.69, 9.17) is 5.11 Å². The molecule has 0 fully saturated rings.